The lowest BCUT2D eigenvalue weighted by atomic mass is 10.0. The molecule has 112 valence electrons. The Balaban J connectivity index is 2.25. The smallest absolute Gasteiger partial charge is 0.139 e. The molecule has 2 aromatic rings. The fraction of sp³-hybridized carbons (Fsp3) is 0.389. The van der Waals surface area contributed by atoms with Crippen molar-refractivity contribution in [3.8, 4) is 5.75 Å². The molecule has 3 heteroatoms. The molecule has 0 bridgehead atoms. The van der Waals surface area contributed by atoms with E-state index in [4.69, 9.17) is 10.5 Å². The Morgan fingerprint density at radius 1 is 1.10 bits per heavy atom. The molecule has 0 saturated carbocycles. The summed E-state index contributed by atoms with van der Waals surface area (Å²) in [6.07, 6.45) is 4.26. The van der Waals surface area contributed by atoms with Crippen LogP contribution in [0.4, 0.5) is 0 Å². The highest BCUT2D eigenvalue weighted by atomic mass is 16.5. The van der Waals surface area contributed by atoms with Crippen molar-refractivity contribution in [3.05, 3.63) is 59.9 Å². The highest BCUT2D eigenvalue weighted by Gasteiger charge is 2.20. The van der Waals surface area contributed by atoms with Gasteiger partial charge in [0.05, 0.1) is 0 Å². The van der Waals surface area contributed by atoms with E-state index in [9.17, 15) is 0 Å². The quantitative estimate of drug-likeness (QED) is 0.870. The monoisotopic (exact) mass is 284 g/mol. The van der Waals surface area contributed by atoms with Crippen molar-refractivity contribution in [2.45, 2.75) is 45.3 Å². The highest BCUT2D eigenvalue weighted by Crippen LogP contribution is 2.27. The van der Waals surface area contributed by atoms with Crippen LogP contribution in [0.25, 0.3) is 0 Å². The average Bonchev–Trinajstić information content (AvgIpc) is 2.53. The van der Waals surface area contributed by atoms with E-state index in [1.165, 1.54) is 5.56 Å². The standard InChI is InChI=1S/C18H24N2O/c1-4-17(19)18(14-8-10-20-11-9-14)21-16-7-5-6-15(12-16)13(2)3/h5-13,17-18H,4,19H2,1-3H3. The fourth-order valence-electron chi connectivity index (χ4n) is 2.26. The van der Waals surface area contributed by atoms with Gasteiger partial charge in [-0.05, 0) is 47.7 Å². The summed E-state index contributed by atoms with van der Waals surface area (Å²) < 4.78 is 6.19. The molecule has 0 aliphatic rings. The fourth-order valence-corrected chi connectivity index (χ4v) is 2.26. The zero-order valence-electron chi connectivity index (χ0n) is 13.0. The second kappa shape index (κ2) is 7.23. The van der Waals surface area contributed by atoms with Gasteiger partial charge in [-0.1, -0.05) is 32.9 Å². The number of nitrogens with zero attached hydrogens (tertiary/aromatic N) is 1. The second-order valence-corrected chi connectivity index (χ2v) is 5.62. The molecule has 0 amide bonds. The molecule has 0 spiro atoms. The molecular weight excluding hydrogens is 260 g/mol. The van der Waals surface area contributed by atoms with E-state index in [-0.39, 0.29) is 12.1 Å². The van der Waals surface area contributed by atoms with Crippen molar-refractivity contribution in [2.75, 3.05) is 0 Å². The predicted octanol–water partition coefficient (Wildman–Crippen LogP) is 4.06. The summed E-state index contributed by atoms with van der Waals surface area (Å²) >= 11 is 0. The first-order chi connectivity index (χ1) is 10.1. The number of rotatable bonds is 6. The van der Waals surface area contributed by atoms with Crippen molar-refractivity contribution in [1.82, 2.24) is 4.98 Å². The third kappa shape index (κ3) is 4.05. The van der Waals surface area contributed by atoms with Crippen LogP contribution in [-0.2, 0) is 0 Å². The number of aromatic nitrogens is 1. The van der Waals surface area contributed by atoms with Crippen LogP contribution in [-0.4, -0.2) is 11.0 Å². The Hall–Kier alpha value is -1.87. The zero-order valence-corrected chi connectivity index (χ0v) is 13.0. The Bertz CT molecular complexity index is 554. The normalized spacial score (nSPS) is 14.0. The van der Waals surface area contributed by atoms with Gasteiger partial charge in [0.15, 0.2) is 0 Å². The SMILES string of the molecule is CCC(N)C(Oc1cccc(C(C)C)c1)c1ccncc1. The number of nitrogens with two attached hydrogens (primary N) is 1. The lowest BCUT2D eigenvalue weighted by Crippen LogP contribution is -2.31. The largest absolute Gasteiger partial charge is 0.484 e. The van der Waals surface area contributed by atoms with Gasteiger partial charge >= 0.3 is 0 Å². The minimum absolute atomic E-state index is 0.0462. The summed E-state index contributed by atoms with van der Waals surface area (Å²) in [6, 6.07) is 12.1. The van der Waals surface area contributed by atoms with E-state index >= 15 is 0 Å². The Morgan fingerprint density at radius 3 is 2.43 bits per heavy atom. The number of pyridine rings is 1. The van der Waals surface area contributed by atoms with Gasteiger partial charge in [0, 0.05) is 18.4 Å². The van der Waals surface area contributed by atoms with E-state index in [1.807, 2.05) is 24.3 Å². The van der Waals surface area contributed by atoms with Crippen LogP contribution in [0.1, 0.15) is 50.3 Å². The van der Waals surface area contributed by atoms with Crippen LogP contribution in [0.5, 0.6) is 5.75 Å². The van der Waals surface area contributed by atoms with Crippen LogP contribution in [0.2, 0.25) is 0 Å². The van der Waals surface area contributed by atoms with Crippen molar-refractivity contribution in [2.24, 2.45) is 5.73 Å². The lowest BCUT2D eigenvalue weighted by Gasteiger charge is -2.25. The van der Waals surface area contributed by atoms with Crippen LogP contribution in [0.3, 0.4) is 0 Å². The molecule has 0 radical (unpaired) electrons. The highest BCUT2D eigenvalue weighted by molar-refractivity contribution is 5.31. The van der Waals surface area contributed by atoms with Gasteiger partial charge < -0.3 is 10.5 Å². The van der Waals surface area contributed by atoms with Gasteiger partial charge in [0.25, 0.3) is 0 Å². The van der Waals surface area contributed by atoms with Gasteiger partial charge in [-0.3, -0.25) is 4.98 Å². The van der Waals surface area contributed by atoms with Crippen molar-refractivity contribution in [3.63, 3.8) is 0 Å². The van der Waals surface area contributed by atoms with E-state index in [0.717, 1.165) is 17.7 Å². The van der Waals surface area contributed by atoms with E-state index in [2.05, 4.69) is 37.9 Å². The maximum Gasteiger partial charge on any atom is 0.139 e. The molecule has 2 rings (SSSR count). The van der Waals surface area contributed by atoms with Crippen molar-refractivity contribution >= 4 is 0 Å². The molecule has 1 heterocycles. The molecule has 2 atom stereocenters. The maximum atomic E-state index is 6.25. The van der Waals surface area contributed by atoms with Gasteiger partial charge in [-0.2, -0.15) is 0 Å². The second-order valence-electron chi connectivity index (χ2n) is 5.62. The number of benzene rings is 1. The summed E-state index contributed by atoms with van der Waals surface area (Å²) in [6.45, 7) is 6.43. The molecule has 1 aromatic carbocycles. The van der Waals surface area contributed by atoms with Crippen molar-refractivity contribution in [1.29, 1.82) is 0 Å². The van der Waals surface area contributed by atoms with Crippen LogP contribution >= 0.6 is 0 Å². The molecule has 1 aromatic heterocycles. The molecule has 0 aliphatic carbocycles. The summed E-state index contributed by atoms with van der Waals surface area (Å²) in [5.41, 5.74) is 8.58. The molecule has 2 N–H and O–H groups in total. The third-order valence-corrected chi connectivity index (χ3v) is 3.68. The van der Waals surface area contributed by atoms with E-state index in [0.29, 0.717) is 5.92 Å². The zero-order chi connectivity index (χ0) is 15.2. The molecule has 0 aliphatic heterocycles. The topological polar surface area (TPSA) is 48.1 Å². The number of hydrogen-bond acceptors (Lipinski definition) is 3. The van der Waals surface area contributed by atoms with Gasteiger partial charge in [0.1, 0.15) is 11.9 Å². The molecular formula is C18H24N2O. The Kier molecular flexibility index (Phi) is 5.34. The first-order valence-corrected chi connectivity index (χ1v) is 7.54. The first-order valence-electron chi connectivity index (χ1n) is 7.54. The first kappa shape index (κ1) is 15.5. The minimum atomic E-state index is -0.152. The predicted molar refractivity (Wildman–Crippen MR) is 86.4 cm³/mol. The van der Waals surface area contributed by atoms with Crippen LogP contribution in [0.15, 0.2) is 48.8 Å². The molecule has 3 nitrogen and oxygen atoms in total. The molecule has 0 saturated heterocycles. The average molecular weight is 284 g/mol. The van der Waals surface area contributed by atoms with Gasteiger partial charge in [0.2, 0.25) is 0 Å². The molecule has 2 unspecified atom stereocenters. The Morgan fingerprint density at radius 2 is 1.81 bits per heavy atom. The summed E-state index contributed by atoms with van der Waals surface area (Å²) in [5, 5.41) is 0. The number of hydrogen-bond donors (Lipinski definition) is 1. The lowest BCUT2D eigenvalue weighted by molar-refractivity contribution is 0.171. The molecule has 21 heavy (non-hydrogen) atoms. The summed E-state index contributed by atoms with van der Waals surface area (Å²) in [5.74, 6) is 1.35. The van der Waals surface area contributed by atoms with E-state index in [1.54, 1.807) is 12.4 Å². The minimum Gasteiger partial charge on any atom is -0.484 e. The van der Waals surface area contributed by atoms with Gasteiger partial charge in [-0.25, -0.2) is 0 Å². The Labute approximate surface area is 127 Å². The number of ether oxygens (including phenoxy) is 1. The van der Waals surface area contributed by atoms with E-state index < -0.39 is 0 Å². The van der Waals surface area contributed by atoms with Crippen molar-refractivity contribution < 1.29 is 4.74 Å². The van der Waals surface area contributed by atoms with Crippen LogP contribution in [0, 0.1) is 0 Å². The maximum absolute atomic E-state index is 6.25. The molecule has 0 fully saturated rings. The summed E-state index contributed by atoms with van der Waals surface area (Å²) in [7, 11) is 0. The summed E-state index contributed by atoms with van der Waals surface area (Å²) in [4.78, 5) is 4.06. The van der Waals surface area contributed by atoms with Crippen LogP contribution < -0.4 is 10.5 Å². The third-order valence-electron chi connectivity index (χ3n) is 3.68. The van der Waals surface area contributed by atoms with Gasteiger partial charge in [-0.15, -0.1) is 0 Å².